The molecule has 3 saturated heterocycles. The van der Waals surface area contributed by atoms with Crippen molar-refractivity contribution < 1.29 is 57.2 Å². The standard InChI is InChI=1S/C39H67N7O12/c1-24(2)31-35(50)42-28(33(48)40-19-30(47)54-8)22-56-18-10-9-17-55-21-27(34(49)43-32(25(3)4)36(51)44-31)41-23-57-20-26-13-11-15-45(26)37(52)29-14-12-16-46(29)38(53)58-39(5,6)7/h24-29,31-32,41H,9-23H2,1-8H3,(H,40,48)(H,42,50)(H,43,49)(H,44,51). The number of nitrogens with zero attached hydrogens (tertiary/aromatic N) is 2. The van der Waals surface area contributed by atoms with Crippen molar-refractivity contribution >= 4 is 41.6 Å². The highest BCUT2D eigenvalue weighted by atomic mass is 16.6. The van der Waals surface area contributed by atoms with Gasteiger partial charge >= 0.3 is 12.1 Å². The van der Waals surface area contributed by atoms with Gasteiger partial charge in [-0.05, 0) is 71.1 Å². The monoisotopic (exact) mass is 825 g/mol. The number of nitrogens with one attached hydrogen (secondary N) is 5. The lowest BCUT2D eigenvalue weighted by Gasteiger charge is -2.32. The zero-order valence-corrected chi connectivity index (χ0v) is 35.5. The van der Waals surface area contributed by atoms with Crippen LogP contribution in [0.15, 0.2) is 0 Å². The van der Waals surface area contributed by atoms with E-state index in [-0.39, 0.29) is 57.6 Å². The molecule has 3 heterocycles. The summed E-state index contributed by atoms with van der Waals surface area (Å²) >= 11 is 0. The van der Waals surface area contributed by atoms with E-state index >= 15 is 0 Å². The predicted molar refractivity (Wildman–Crippen MR) is 210 cm³/mol. The van der Waals surface area contributed by atoms with Crippen LogP contribution in [0.2, 0.25) is 0 Å². The van der Waals surface area contributed by atoms with Crippen molar-refractivity contribution in [3.05, 3.63) is 0 Å². The van der Waals surface area contributed by atoms with Crippen molar-refractivity contribution in [2.75, 3.05) is 66.5 Å². The number of methoxy groups -OCH3 is 1. The zero-order valence-electron chi connectivity index (χ0n) is 35.5. The van der Waals surface area contributed by atoms with E-state index in [0.717, 1.165) is 12.8 Å². The molecule has 6 atom stereocenters. The molecule has 58 heavy (non-hydrogen) atoms. The maximum Gasteiger partial charge on any atom is 0.410 e. The van der Waals surface area contributed by atoms with E-state index in [4.69, 9.17) is 18.9 Å². The summed E-state index contributed by atoms with van der Waals surface area (Å²) in [5.74, 6) is -4.01. The molecule has 0 spiro atoms. The fourth-order valence-corrected chi connectivity index (χ4v) is 6.81. The average molecular weight is 826 g/mol. The maximum absolute atomic E-state index is 13.7. The Labute approximate surface area is 342 Å². The molecule has 3 fully saturated rings. The number of rotatable bonds is 11. The Hall–Kier alpha value is -4.07. The van der Waals surface area contributed by atoms with Gasteiger partial charge in [-0.3, -0.25) is 39.0 Å². The highest BCUT2D eigenvalue weighted by molar-refractivity contribution is 5.95. The Balaban J connectivity index is 1.66. The summed E-state index contributed by atoms with van der Waals surface area (Å²) < 4.78 is 27.7. The molecule has 330 valence electrons. The van der Waals surface area contributed by atoms with Crippen LogP contribution in [0.3, 0.4) is 0 Å². The molecular formula is C39H67N7O12. The van der Waals surface area contributed by atoms with Crippen molar-refractivity contribution in [1.29, 1.82) is 0 Å². The minimum atomic E-state index is -1.17. The molecule has 6 unspecified atom stereocenters. The molecule has 6 amide bonds. The second kappa shape index (κ2) is 23.5. The molecule has 5 N–H and O–H groups in total. The van der Waals surface area contributed by atoms with Gasteiger partial charge in [-0.1, -0.05) is 27.7 Å². The summed E-state index contributed by atoms with van der Waals surface area (Å²) in [5.41, 5.74) is -0.676. The maximum atomic E-state index is 13.7. The number of hydrogen-bond acceptors (Lipinski definition) is 13. The lowest BCUT2D eigenvalue weighted by molar-refractivity contribution is -0.142. The first kappa shape index (κ1) is 48.3. The molecule has 0 saturated carbocycles. The van der Waals surface area contributed by atoms with Crippen molar-refractivity contribution in [3.8, 4) is 0 Å². The van der Waals surface area contributed by atoms with Gasteiger partial charge in [0.2, 0.25) is 29.5 Å². The molecule has 3 aliphatic heterocycles. The smallest absolute Gasteiger partial charge is 0.410 e. The van der Waals surface area contributed by atoms with Crippen molar-refractivity contribution in [1.82, 2.24) is 36.4 Å². The molecule has 0 aromatic rings. The van der Waals surface area contributed by atoms with E-state index in [1.165, 1.54) is 12.0 Å². The second-order valence-electron chi connectivity index (χ2n) is 16.6. The van der Waals surface area contributed by atoms with Gasteiger partial charge in [0.1, 0.15) is 42.4 Å². The fraction of sp³-hybridized carbons (Fsp3) is 0.821. The summed E-state index contributed by atoms with van der Waals surface area (Å²) in [6, 6.07) is -5.01. The lowest BCUT2D eigenvalue weighted by Crippen LogP contribution is -2.61. The summed E-state index contributed by atoms with van der Waals surface area (Å²) in [7, 11) is 1.19. The highest BCUT2D eigenvalue weighted by Gasteiger charge is 2.42. The minimum Gasteiger partial charge on any atom is -0.468 e. The summed E-state index contributed by atoms with van der Waals surface area (Å²) in [4.78, 5) is 95.4. The lowest BCUT2D eigenvalue weighted by atomic mass is 9.99. The molecule has 0 aliphatic carbocycles. The topological polar surface area (TPSA) is 232 Å². The summed E-state index contributed by atoms with van der Waals surface area (Å²) in [6.07, 6.45) is 3.40. The van der Waals surface area contributed by atoms with Gasteiger partial charge in [0.05, 0.1) is 39.7 Å². The largest absolute Gasteiger partial charge is 0.468 e. The normalized spacial score (nSPS) is 26.0. The van der Waals surface area contributed by atoms with Crippen LogP contribution in [-0.4, -0.2) is 160 Å². The van der Waals surface area contributed by atoms with E-state index in [0.29, 0.717) is 38.8 Å². The van der Waals surface area contributed by atoms with Crippen LogP contribution < -0.4 is 26.6 Å². The molecule has 0 bridgehead atoms. The first-order valence-electron chi connectivity index (χ1n) is 20.5. The van der Waals surface area contributed by atoms with Crippen molar-refractivity contribution in [2.24, 2.45) is 11.8 Å². The van der Waals surface area contributed by atoms with Gasteiger partial charge in [0.15, 0.2) is 0 Å². The molecule has 19 heteroatoms. The van der Waals surface area contributed by atoms with Gasteiger partial charge in [-0.25, -0.2) is 4.79 Å². The molecule has 0 aromatic carbocycles. The molecule has 19 nitrogen and oxygen atoms in total. The van der Waals surface area contributed by atoms with Crippen molar-refractivity contribution in [2.45, 2.75) is 129 Å². The van der Waals surface area contributed by atoms with Gasteiger partial charge < -0.3 is 49.9 Å². The average Bonchev–Trinajstić information content (AvgIpc) is 3.85. The fourth-order valence-electron chi connectivity index (χ4n) is 6.81. The number of likely N-dealkylation sites (tertiary alicyclic amines) is 2. The Morgan fingerprint density at radius 1 is 0.810 bits per heavy atom. The van der Waals surface area contributed by atoms with Gasteiger partial charge in [-0.15, -0.1) is 0 Å². The van der Waals surface area contributed by atoms with E-state index in [1.807, 2.05) is 0 Å². The van der Waals surface area contributed by atoms with E-state index in [9.17, 15) is 33.6 Å². The predicted octanol–water partition coefficient (Wildman–Crippen LogP) is 0.192. The number of amides is 6. The number of hydrogen-bond donors (Lipinski definition) is 5. The van der Waals surface area contributed by atoms with Crippen LogP contribution in [0, 0.1) is 11.8 Å². The zero-order chi connectivity index (χ0) is 43.0. The van der Waals surface area contributed by atoms with Crippen LogP contribution in [-0.2, 0) is 52.5 Å². The van der Waals surface area contributed by atoms with Gasteiger partial charge in [0.25, 0.3) is 0 Å². The Bertz CT molecular complexity index is 1410. The van der Waals surface area contributed by atoms with E-state index < -0.39 is 84.0 Å². The van der Waals surface area contributed by atoms with E-state index in [1.54, 1.807) is 53.4 Å². The van der Waals surface area contributed by atoms with Gasteiger partial charge in [-0.2, -0.15) is 0 Å². The summed E-state index contributed by atoms with van der Waals surface area (Å²) in [6.45, 7) is 13.4. The van der Waals surface area contributed by atoms with Crippen LogP contribution >= 0.6 is 0 Å². The molecule has 3 rings (SSSR count). The Morgan fingerprint density at radius 3 is 2.02 bits per heavy atom. The first-order chi connectivity index (χ1) is 27.4. The van der Waals surface area contributed by atoms with Crippen LogP contribution in [0.5, 0.6) is 0 Å². The van der Waals surface area contributed by atoms with E-state index in [2.05, 4.69) is 31.3 Å². The van der Waals surface area contributed by atoms with Crippen LogP contribution in [0.25, 0.3) is 0 Å². The number of carbonyl (C=O) groups is 7. The van der Waals surface area contributed by atoms with Crippen LogP contribution in [0.1, 0.15) is 87.0 Å². The summed E-state index contributed by atoms with van der Waals surface area (Å²) in [5, 5.41) is 13.7. The van der Waals surface area contributed by atoms with Gasteiger partial charge in [0, 0.05) is 26.3 Å². The highest BCUT2D eigenvalue weighted by Crippen LogP contribution is 2.26. The Kier molecular flexibility index (Phi) is 19.6. The third-order valence-corrected chi connectivity index (χ3v) is 10.0. The third kappa shape index (κ3) is 15.3. The molecule has 0 radical (unpaired) electrons. The number of ether oxygens (including phenoxy) is 5. The molecular weight excluding hydrogens is 758 g/mol. The SMILES string of the molecule is COC(=O)CNC(=O)C1COCCCCOCC(NCOCC2CCCN2C(=O)C2CCCN2C(=O)OC(C)(C)C)C(=O)NC(C(C)C)C(=O)NC(C(C)C)C(=O)N1. The first-order valence-corrected chi connectivity index (χ1v) is 20.5. The minimum absolute atomic E-state index is 0.0435. The van der Waals surface area contributed by atoms with Crippen molar-refractivity contribution in [3.63, 3.8) is 0 Å². The third-order valence-electron chi connectivity index (χ3n) is 10.0. The number of esters is 1. The Morgan fingerprint density at radius 2 is 1.40 bits per heavy atom. The molecule has 3 aliphatic rings. The second-order valence-corrected chi connectivity index (χ2v) is 16.6. The quantitative estimate of drug-likeness (QED) is 0.107. The number of carbonyl (C=O) groups excluding carboxylic acids is 7. The molecule has 0 aromatic heterocycles. The van der Waals surface area contributed by atoms with Crippen LogP contribution in [0.4, 0.5) is 4.79 Å².